The van der Waals surface area contributed by atoms with Gasteiger partial charge in [-0.3, -0.25) is 0 Å². The predicted octanol–water partition coefficient (Wildman–Crippen LogP) is 10.3. The molecule has 2 fully saturated rings. The van der Waals surface area contributed by atoms with Crippen molar-refractivity contribution in [2.75, 3.05) is 6.61 Å². The van der Waals surface area contributed by atoms with Crippen molar-refractivity contribution in [1.29, 1.82) is 0 Å². The number of allylic oxidation sites excluding steroid dienone is 3. The highest BCUT2D eigenvalue weighted by atomic mass is 19.3. The van der Waals surface area contributed by atoms with E-state index in [0.29, 0.717) is 18.4 Å². The van der Waals surface area contributed by atoms with Gasteiger partial charge in [0.15, 0.2) is 0 Å². The average molecular weight is 507 g/mol. The largest absolute Gasteiger partial charge is 0.378 e. The number of unbranched alkanes of at least 4 members (excludes halogenated alkanes) is 2. The lowest BCUT2D eigenvalue weighted by Gasteiger charge is -2.38. The van der Waals surface area contributed by atoms with E-state index in [9.17, 15) is 8.78 Å². The van der Waals surface area contributed by atoms with E-state index in [0.717, 1.165) is 43.8 Å². The number of halogens is 2. The van der Waals surface area contributed by atoms with Gasteiger partial charge in [0.1, 0.15) is 0 Å². The molecular weight excluding hydrogens is 462 g/mol. The van der Waals surface area contributed by atoms with Crippen molar-refractivity contribution in [2.45, 2.75) is 96.0 Å². The standard InChI is InChI=1S/C34H44F2O/c1-2-3-5-9-27-13-24-33(37-25-27)32-22-20-31(21-23-32)30-18-16-29(17-19-30)28-14-11-26(12-15-28)8-6-4-7-10-34(35)36/h2-3,10-12,14-19,27,31-33H,4-9,13,20-25H2,1H3/b3-2+. The summed E-state index contributed by atoms with van der Waals surface area (Å²) >= 11 is 0. The number of benzene rings is 2. The van der Waals surface area contributed by atoms with Crippen LogP contribution >= 0.6 is 0 Å². The van der Waals surface area contributed by atoms with Gasteiger partial charge in [-0.15, -0.1) is 0 Å². The van der Waals surface area contributed by atoms with Gasteiger partial charge in [-0.1, -0.05) is 60.7 Å². The summed E-state index contributed by atoms with van der Waals surface area (Å²) in [6.07, 6.45) is 17.7. The third kappa shape index (κ3) is 8.64. The van der Waals surface area contributed by atoms with Crippen molar-refractivity contribution in [3.05, 3.63) is 84.0 Å². The molecule has 37 heavy (non-hydrogen) atoms. The van der Waals surface area contributed by atoms with Gasteiger partial charge in [-0.25, -0.2) is 0 Å². The molecule has 0 spiro atoms. The van der Waals surface area contributed by atoms with E-state index in [-0.39, 0.29) is 0 Å². The summed E-state index contributed by atoms with van der Waals surface area (Å²) < 4.78 is 30.6. The first kappa shape index (κ1) is 27.8. The Kier molecular flexibility index (Phi) is 11.0. The van der Waals surface area contributed by atoms with Crippen LogP contribution in [0.5, 0.6) is 0 Å². The zero-order valence-corrected chi connectivity index (χ0v) is 22.5. The molecule has 2 atom stereocenters. The normalized spacial score (nSPS) is 24.3. The SMILES string of the molecule is C/C=C/CCC1CCC(C2CCC(c3ccc(-c4ccc(CCCCC=C(F)F)cc4)cc3)CC2)OC1. The van der Waals surface area contributed by atoms with Gasteiger partial charge in [-0.2, -0.15) is 8.78 Å². The molecule has 0 amide bonds. The molecule has 2 aromatic carbocycles. The molecule has 2 unspecified atom stereocenters. The van der Waals surface area contributed by atoms with Crippen LogP contribution in [0, 0.1) is 11.8 Å². The fourth-order valence-electron chi connectivity index (χ4n) is 6.24. The van der Waals surface area contributed by atoms with Crippen molar-refractivity contribution >= 4 is 0 Å². The maximum absolute atomic E-state index is 12.1. The molecule has 3 heteroatoms. The molecule has 0 N–H and O–H groups in total. The van der Waals surface area contributed by atoms with Crippen LogP contribution in [-0.4, -0.2) is 12.7 Å². The molecule has 4 rings (SSSR count). The van der Waals surface area contributed by atoms with Crippen LogP contribution in [0.3, 0.4) is 0 Å². The second-order valence-corrected chi connectivity index (χ2v) is 11.1. The Bertz CT molecular complexity index is 971. The molecule has 1 nitrogen and oxygen atoms in total. The molecule has 0 bridgehead atoms. The van der Waals surface area contributed by atoms with Gasteiger partial charge in [-0.05, 0) is 130 Å². The average Bonchev–Trinajstić information content (AvgIpc) is 2.94. The summed E-state index contributed by atoms with van der Waals surface area (Å²) in [4.78, 5) is 0. The third-order valence-corrected chi connectivity index (χ3v) is 8.57. The van der Waals surface area contributed by atoms with Crippen LogP contribution in [0.15, 0.2) is 72.8 Å². The highest BCUT2D eigenvalue weighted by molar-refractivity contribution is 5.64. The maximum Gasteiger partial charge on any atom is 0.266 e. The molecule has 2 aromatic rings. The molecule has 1 saturated carbocycles. The first-order chi connectivity index (χ1) is 18.1. The van der Waals surface area contributed by atoms with Gasteiger partial charge in [0.2, 0.25) is 0 Å². The van der Waals surface area contributed by atoms with Gasteiger partial charge in [0.25, 0.3) is 6.08 Å². The van der Waals surface area contributed by atoms with E-state index >= 15 is 0 Å². The molecule has 0 aromatic heterocycles. The topological polar surface area (TPSA) is 9.23 Å². The maximum atomic E-state index is 12.1. The summed E-state index contributed by atoms with van der Waals surface area (Å²) in [5, 5.41) is 0. The minimum Gasteiger partial charge on any atom is -0.378 e. The number of hydrogen-bond donors (Lipinski definition) is 0. The molecule has 0 radical (unpaired) electrons. The zero-order chi connectivity index (χ0) is 25.9. The number of aryl methyl sites for hydroxylation is 1. The van der Waals surface area contributed by atoms with E-state index in [4.69, 9.17) is 4.74 Å². The Hall–Kier alpha value is -2.26. The third-order valence-electron chi connectivity index (χ3n) is 8.57. The summed E-state index contributed by atoms with van der Waals surface area (Å²) in [6.45, 7) is 3.06. The highest BCUT2D eigenvalue weighted by Crippen LogP contribution is 2.40. The molecule has 1 heterocycles. The quantitative estimate of drug-likeness (QED) is 0.218. The number of ether oxygens (including phenoxy) is 1. The van der Waals surface area contributed by atoms with E-state index in [1.165, 1.54) is 73.6 Å². The van der Waals surface area contributed by atoms with Gasteiger partial charge in [0, 0.05) is 6.61 Å². The minimum absolute atomic E-state index is 0.459. The summed E-state index contributed by atoms with van der Waals surface area (Å²) in [7, 11) is 0. The van der Waals surface area contributed by atoms with Crippen LogP contribution in [0.25, 0.3) is 11.1 Å². The predicted molar refractivity (Wildman–Crippen MR) is 151 cm³/mol. The van der Waals surface area contributed by atoms with Gasteiger partial charge in [0.05, 0.1) is 6.10 Å². The van der Waals surface area contributed by atoms with Crippen LogP contribution < -0.4 is 0 Å². The fraction of sp³-hybridized carbons (Fsp3) is 0.529. The lowest BCUT2D eigenvalue weighted by atomic mass is 9.75. The van der Waals surface area contributed by atoms with E-state index in [1.807, 2.05) is 0 Å². The Morgan fingerprint density at radius 3 is 2.16 bits per heavy atom. The van der Waals surface area contributed by atoms with Crippen LogP contribution in [0.4, 0.5) is 8.78 Å². The molecule has 200 valence electrons. The Morgan fingerprint density at radius 1 is 0.838 bits per heavy atom. The molecule has 1 saturated heterocycles. The van der Waals surface area contributed by atoms with Crippen molar-refractivity contribution < 1.29 is 13.5 Å². The van der Waals surface area contributed by atoms with Crippen molar-refractivity contribution in [3.8, 4) is 11.1 Å². The van der Waals surface area contributed by atoms with Crippen molar-refractivity contribution in [3.63, 3.8) is 0 Å². The fourth-order valence-corrected chi connectivity index (χ4v) is 6.24. The smallest absolute Gasteiger partial charge is 0.266 e. The minimum atomic E-state index is -1.57. The first-order valence-corrected chi connectivity index (χ1v) is 14.6. The van der Waals surface area contributed by atoms with E-state index in [1.54, 1.807) is 0 Å². The molecular formula is C34H44F2O. The number of hydrogen-bond acceptors (Lipinski definition) is 1. The number of rotatable bonds is 11. The Balaban J connectivity index is 1.20. The molecule has 2 aliphatic rings. The molecule has 1 aliphatic carbocycles. The van der Waals surface area contributed by atoms with Crippen molar-refractivity contribution in [2.24, 2.45) is 11.8 Å². The van der Waals surface area contributed by atoms with Crippen LogP contribution in [0.2, 0.25) is 0 Å². The summed E-state index contributed by atoms with van der Waals surface area (Å²) in [5.74, 6) is 2.17. The second-order valence-electron chi connectivity index (χ2n) is 11.1. The Morgan fingerprint density at radius 2 is 1.54 bits per heavy atom. The molecule has 1 aliphatic heterocycles. The van der Waals surface area contributed by atoms with E-state index in [2.05, 4.69) is 67.6 Å². The monoisotopic (exact) mass is 506 g/mol. The van der Waals surface area contributed by atoms with Gasteiger partial charge >= 0.3 is 0 Å². The van der Waals surface area contributed by atoms with Crippen LogP contribution in [0.1, 0.15) is 94.6 Å². The van der Waals surface area contributed by atoms with Gasteiger partial charge < -0.3 is 4.74 Å². The first-order valence-electron chi connectivity index (χ1n) is 14.6. The van der Waals surface area contributed by atoms with Crippen molar-refractivity contribution in [1.82, 2.24) is 0 Å². The zero-order valence-electron chi connectivity index (χ0n) is 22.5. The Labute approximate surface area is 223 Å². The summed E-state index contributed by atoms with van der Waals surface area (Å²) in [6, 6.07) is 17.9. The van der Waals surface area contributed by atoms with Crippen LogP contribution in [-0.2, 0) is 11.2 Å². The lowest BCUT2D eigenvalue weighted by Crippen LogP contribution is -2.34. The summed E-state index contributed by atoms with van der Waals surface area (Å²) in [5.41, 5.74) is 5.24. The highest BCUT2D eigenvalue weighted by Gasteiger charge is 2.31. The van der Waals surface area contributed by atoms with E-state index < -0.39 is 6.08 Å². The lowest BCUT2D eigenvalue weighted by molar-refractivity contribution is -0.0573. The second kappa shape index (κ2) is 14.6.